The molecular formula is C17H28N2O3. The predicted molar refractivity (Wildman–Crippen MR) is 85.7 cm³/mol. The maximum atomic E-state index is 12.6. The molecule has 0 bridgehead atoms. The zero-order valence-corrected chi connectivity index (χ0v) is 13.4. The van der Waals surface area contributed by atoms with E-state index in [4.69, 9.17) is 0 Å². The van der Waals surface area contributed by atoms with Gasteiger partial charge >= 0.3 is 12.0 Å². The molecule has 0 radical (unpaired) electrons. The second kappa shape index (κ2) is 7.65. The van der Waals surface area contributed by atoms with Crippen LogP contribution in [0.4, 0.5) is 4.79 Å². The first-order chi connectivity index (χ1) is 10.6. The molecule has 0 atom stereocenters. The maximum absolute atomic E-state index is 12.6. The third-order valence-corrected chi connectivity index (χ3v) is 5.11. The number of piperidine rings is 1. The van der Waals surface area contributed by atoms with Gasteiger partial charge in [-0.05, 0) is 32.1 Å². The third kappa shape index (κ3) is 3.81. The molecule has 0 unspecified atom stereocenters. The molecule has 0 saturated carbocycles. The molecule has 0 aromatic carbocycles. The fraction of sp³-hybridized carbons (Fsp3) is 0.765. The summed E-state index contributed by atoms with van der Waals surface area (Å²) in [7, 11) is 0. The highest BCUT2D eigenvalue weighted by molar-refractivity contribution is 5.77. The first kappa shape index (κ1) is 16.8. The van der Waals surface area contributed by atoms with Crippen LogP contribution in [0.3, 0.4) is 0 Å². The lowest BCUT2D eigenvalue weighted by Gasteiger charge is -2.40. The summed E-state index contributed by atoms with van der Waals surface area (Å²) in [5.41, 5.74) is -0.727. The smallest absolute Gasteiger partial charge is 0.319 e. The lowest BCUT2D eigenvalue weighted by Crippen LogP contribution is -2.51. The first-order valence-electron chi connectivity index (χ1n) is 8.47. The molecule has 1 N–H and O–H groups in total. The second-order valence-electron chi connectivity index (χ2n) is 6.60. The van der Waals surface area contributed by atoms with Gasteiger partial charge in [-0.1, -0.05) is 25.3 Å². The van der Waals surface area contributed by atoms with Crippen molar-refractivity contribution in [3.05, 3.63) is 12.7 Å². The van der Waals surface area contributed by atoms with Crippen LogP contribution >= 0.6 is 0 Å². The van der Waals surface area contributed by atoms with Gasteiger partial charge in [-0.15, -0.1) is 6.58 Å². The Bertz CT molecular complexity index is 406. The van der Waals surface area contributed by atoms with E-state index in [1.165, 1.54) is 19.3 Å². The second-order valence-corrected chi connectivity index (χ2v) is 6.60. The molecular weight excluding hydrogens is 280 g/mol. The Kier molecular flexibility index (Phi) is 5.86. The molecule has 124 valence electrons. The normalized spacial score (nSPS) is 22.5. The van der Waals surface area contributed by atoms with Gasteiger partial charge in [0.2, 0.25) is 0 Å². The quantitative estimate of drug-likeness (QED) is 0.815. The highest BCUT2D eigenvalue weighted by Crippen LogP contribution is 2.36. The summed E-state index contributed by atoms with van der Waals surface area (Å²) < 4.78 is 0. The zero-order valence-electron chi connectivity index (χ0n) is 13.4. The predicted octanol–water partition coefficient (Wildman–Crippen LogP) is 3.12. The van der Waals surface area contributed by atoms with E-state index in [1.54, 1.807) is 6.08 Å². The number of hydrogen-bond acceptors (Lipinski definition) is 2. The van der Waals surface area contributed by atoms with E-state index >= 15 is 0 Å². The maximum Gasteiger partial charge on any atom is 0.319 e. The summed E-state index contributed by atoms with van der Waals surface area (Å²) in [4.78, 5) is 28.0. The van der Waals surface area contributed by atoms with Crippen molar-refractivity contribution in [2.75, 3.05) is 26.2 Å². The van der Waals surface area contributed by atoms with Crippen LogP contribution in [0.2, 0.25) is 0 Å². The van der Waals surface area contributed by atoms with Crippen molar-refractivity contribution in [3.63, 3.8) is 0 Å². The van der Waals surface area contributed by atoms with Crippen molar-refractivity contribution in [1.82, 2.24) is 9.80 Å². The van der Waals surface area contributed by atoms with E-state index < -0.39 is 11.4 Å². The minimum absolute atomic E-state index is 0.0968. The molecule has 0 aromatic rings. The van der Waals surface area contributed by atoms with E-state index in [-0.39, 0.29) is 6.03 Å². The summed E-state index contributed by atoms with van der Waals surface area (Å²) in [5, 5.41) is 9.50. The summed E-state index contributed by atoms with van der Waals surface area (Å²) in [6.07, 6.45) is 9.04. The van der Waals surface area contributed by atoms with Gasteiger partial charge in [0.05, 0.1) is 5.41 Å². The molecule has 0 aromatic heterocycles. The number of aliphatic carboxylic acids is 1. The van der Waals surface area contributed by atoms with Crippen LogP contribution in [0.1, 0.15) is 51.4 Å². The fourth-order valence-corrected chi connectivity index (χ4v) is 3.55. The topological polar surface area (TPSA) is 60.9 Å². The third-order valence-electron chi connectivity index (χ3n) is 5.11. The number of allylic oxidation sites excluding steroid dienone is 1. The van der Waals surface area contributed by atoms with Gasteiger partial charge < -0.3 is 14.9 Å². The number of carboxylic acid groups (broad SMARTS) is 1. The van der Waals surface area contributed by atoms with Crippen molar-refractivity contribution in [1.29, 1.82) is 0 Å². The van der Waals surface area contributed by atoms with E-state index in [2.05, 4.69) is 6.58 Å². The number of rotatable bonds is 3. The highest BCUT2D eigenvalue weighted by Gasteiger charge is 2.41. The van der Waals surface area contributed by atoms with Crippen LogP contribution in [0, 0.1) is 5.41 Å². The number of hydrogen-bond donors (Lipinski definition) is 1. The monoisotopic (exact) mass is 308 g/mol. The molecule has 2 aliphatic heterocycles. The molecule has 5 nitrogen and oxygen atoms in total. The fourth-order valence-electron chi connectivity index (χ4n) is 3.55. The van der Waals surface area contributed by atoms with E-state index in [9.17, 15) is 14.7 Å². The van der Waals surface area contributed by atoms with Gasteiger partial charge in [0.15, 0.2) is 0 Å². The molecule has 0 spiro atoms. The van der Waals surface area contributed by atoms with E-state index in [1.807, 2.05) is 9.80 Å². The number of carboxylic acids is 1. The number of nitrogens with zero attached hydrogens (tertiary/aromatic N) is 2. The van der Waals surface area contributed by atoms with Crippen molar-refractivity contribution >= 4 is 12.0 Å². The van der Waals surface area contributed by atoms with Crippen molar-refractivity contribution in [3.8, 4) is 0 Å². The largest absolute Gasteiger partial charge is 0.481 e. The number of carbonyl (C=O) groups excluding carboxylic acids is 1. The Morgan fingerprint density at radius 2 is 1.45 bits per heavy atom. The van der Waals surface area contributed by atoms with Crippen LogP contribution in [-0.4, -0.2) is 53.1 Å². The minimum atomic E-state index is -0.759. The van der Waals surface area contributed by atoms with Gasteiger partial charge in [0.25, 0.3) is 0 Å². The molecule has 2 fully saturated rings. The average molecular weight is 308 g/mol. The lowest BCUT2D eigenvalue weighted by atomic mass is 9.76. The molecule has 22 heavy (non-hydrogen) atoms. The van der Waals surface area contributed by atoms with E-state index in [0.717, 1.165) is 25.9 Å². The number of likely N-dealkylation sites (tertiary alicyclic amines) is 2. The van der Waals surface area contributed by atoms with Crippen LogP contribution in [0.15, 0.2) is 12.7 Å². The van der Waals surface area contributed by atoms with Gasteiger partial charge in [0.1, 0.15) is 0 Å². The highest BCUT2D eigenvalue weighted by atomic mass is 16.4. The SMILES string of the molecule is C=CCC1(C(=O)O)CCN(C(=O)N2CCCCCCC2)CC1. The van der Waals surface area contributed by atoms with Crippen molar-refractivity contribution in [2.24, 2.45) is 5.41 Å². The molecule has 2 aliphatic rings. The van der Waals surface area contributed by atoms with Gasteiger partial charge in [0, 0.05) is 26.2 Å². The Morgan fingerprint density at radius 3 is 1.95 bits per heavy atom. The molecule has 2 amide bonds. The van der Waals surface area contributed by atoms with Crippen LogP contribution in [0.5, 0.6) is 0 Å². The molecule has 2 rings (SSSR count). The number of amides is 2. The van der Waals surface area contributed by atoms with Crippen molar-refractivity contribution < 1.29 is 14.7 Å². The summed E-state index contributed by atoms with van der Waals surface area (Å²) in [6, 6.07) is 0.0968. The van der Waals surface area contributed by atoms with Gasteiger partial charge in [-0.25, -0.2) is 4.79 Å². The Morgan fingerprint density at radius 1 is 0.955 bits per heavy atom. The number of urea groups is 1. The van der Waals surface area contributed by atoms with E-state index in [0.29, 0.717) is 32.4 Å². The minimum Gasteiger partial charge on any atom is -0.481 e. The summed E-state index contributed by atoms with van der Waals surface area (Å²) in [5.74, 6) is -0.759. The lowest BCUT2D eigenvalue weighted by molar-refractivity contribution is -0.151. The zero-order chi connectivity index (χ0) is 16.0. The summed E-state index contributed by atoms with van der Waals surface area (Å²) in [6.45, 7) is 6.43. The van der Waals surface area contributed by atoms with Crippen LogP contribution < -0.4 is 0 Å². The standard InChI is InChI=1S/C17H28N2O3/c1-2-8-17(15(20)21)9-13-19(14-10-17)16(22)18-11-6-4-3-5-7-12-18/h2H,1,3-14H2,(H,20,21). The van der Waals surface area contributed by atoms with Gasteiger partial charge in [-0.2, -0.15) is 0 Å². The van der Waals surface area contributed by atoms with Gasteiger partial charge in [-0.3, -0.25) is 4.79 Å². The molecule has 5 heteroatoms. The Balaban J connectivity index is 1.93. The summed E-state index contributed by atoms with van der Waals surface area (Å²) >= 11 is 0. The molecule has 2 saturated heterocycles. The van der Waals surface area contributed by atoms with Crippen molar-refractivity contribution in [2.45, 2.75) is 51.4 Å². The van der Waals surface area contributed by atoms with Crippen LogP contribution in [-0.2, 0) is 4.79 Å². The Labute approximate surface area is 133 Å². The first-order valence-corrected chi connectivity index (χ1v) is 8.47. The molecule has 0 aliphatic carbocycles. The van der Waals surface area contributed by atoms with Crippen LogP contribution in [0.25, 0.3) is 0 Å². The average Bonchev–Trinajstić information content (AvgIpc) is 2.47. The Hall–Kier alpha value is -1.52. The molecule has 2 heterocycles. The number of carbonyl (C=O) groups is 2.